The standard InChI is InChI=1S/C10H10F2O2S.C10H12O2S.C8H11NO.CH4/c1-6-3-4-8-7(5-6)9(11)10(2,12)15(8,13)14;1-7-5-9-3-4-13(11,12)10(9)6-8(7)2;1-6-4-8(10-3)9-5-7(6)2;/h3-5,9H,1-2H3;5-6H,3-4H2,1-2H3;4-5H,1-3H3;1H4. The summed E-state index contributed by atoms with van der Waals surface area (Å²) in [5, 5.41) is -2.84. The molecular weight excluding hydrogens is 544 g/mol. The summed E-state index contributed by atoms with van der Waals surface area (Å²) in [4.78, 5) is 4.36. The van der Waals surface area contributed by atoms with Gasteiger partial charge in [0.2, 0.25) is 20.7 Å². The fourth-order valence-corrected chi connectivity index (χ4v) is 7.31. The van der Waals surface area contributed by atoms with Gasteiger partial charge >= 0.3 is 0 Å². The Bertz CT molecular complexity index is 1580. The summed E-state index contributed by atoms with van der Waals surface area (Å²) in [6.45, 7) is 10.5. The second-order valence-electron chi connectivity index (χ2n) is 9.82. The summed E-state index contributed by atoms with van der Waals surface area (Å²) in [5.74, 6) is 0.966. The van der Waals surface area contributed by atoms with E-state index < -0.39 is 30.8 Å². The van der Waals surface area contributed by atoms with E-state index in [9.17, 15) is 25.6 Å². The highest BCUT2D eigenvalue weighted by Gasteiger charge is 2.56. The van der Waals surface area contributed by atoms with Crippen LogP contribution in [0.2, 0.25) is 0 Å². The van der Waals surface area contributed by atoms with Crippen molar-refractivity contribution < 1.29 is 30.4 Å². The average Bonchev–Trinajstić information content (AvgIpc) is 3.20. The number of hydrogen-bond acceptors (Lipinski definition) is 6. The molecule has 0 N–H and O–H groups in total. The van der Waals surface area contributed by atoms with E-state index in [1.165, 1.54) is 34.9 Å². The zero-order valence-corrected chi connectivity index (χ0v) is 24.2. The topological polar surface area (TPSA) is 90.4 Å². The molecule has 2 aliphatic heterocycles. The van der Waals surface area contributed by atoms with Crippen LogP contribution in [0.1, 0.15) is 59.5 Å². The molecule has 0 bridgehead atoms. The van der Waals surface area contributed by atoms with Gasteiger partial charge in [-0.1, -0.05) is 31.2 Å². The molecule has 0 spiro atoms. The van der Waals surface area contributed by atoms with E-state index in [2.05, 4.69) is 4.98 Å². The molecule has 2 aliphatic rings. The van der Waals surface area contributed by atoms with Crippen molar-refractivity contribution in [1.82, 2.24) is 4.98 Å². The SMILES string of the molecule is C.COc1cc(C)c(C)cn1.Cc1cc2c(cc1C)S(=O)(=O)CC2.Cc1ccc2c(c1)C(F)C(C)(F)S2(=O)=O. The first-order chi connectivity index (χ1) is 17.5. The molecule has 0 radical (unpaired) electrons. The van der Waals surface area contributed by atoms with Crippen LogP contribution >= 0.6 is 0 Å². The van der Waals surface area contributed by atoms with E-state index in [-0.39, 0.29) is 23.6 Å². The molecule has 0 amide bonds. The van der Waals surface area contributed by atoms with Crippen molar-refractivity contribution in [2.45, 2.75) is 76.4 Å². The molecule has 2 atom stereocenters. The quantitative estimate of drug-likeness (QED) is 0.328. The van der Waals surface area contributed by atoms with Gasteiger partial charge in [-0.2, -0.15) is 0 Å². The highest BCUT2D eigenvalue weighted by molar-refractivity contribution is 7.93. The number of alkyl halides is 2. The summed E-state index contributed by atoms with van der Waals surface area (Å²) in [5.41, 5.74) is 6.28. The van der Waals surface area contributed by atoms with Crippen molar-refractivity contribution in [2.24, 2.45) is 0 Å². The second-order valence-corrected chi connectivity index (χ2v) is 14.1. The molecule has 1 aromatic heterocycles. The van der Waals surface area contributed by atoms with Gasteiger partial charge in [0.15, 0.2) is 16.0 Å². The monoisotopic (exact) mass is 581 g/mol. The van der Waals surface area contributed by atoms with Crippen LogP contribution in [0.4, 0.5) is 8.78 Å². The minimum absolute atomic E-state index is 0. The lowest BCUT2D eigenvalue weighted by atomic mass is 10.1. The predicted octanol–water partition coefficient (Wildman–Crippen LogP) is 6.46. The minimum atomic E-state index is -4.19. The summed E-state index contributed by atoms with van der Waals surface area (Å²) in [7, 11) is -5.51. The molecule has 214 valence electrons. The highest BCUT2D eigenvalue weighted by Crippen LogP contribution is 2.49. The first kappa shape index (κ1) is 32.4. The summed E-state index contributed by atoms with van der Waals surface area (Å²) in [6.07, 6.45) is 0.393. The number of nitrogens with zero attached hydrogens (tertiary/aromatic N) is 1. The van der Waals surface area contributed by atoms with Gasteiger partial charge < -0.3 is 4.74 Å². The van der Waals surface area contributed by atoms with Crippen molar-refractivity contribution in [1.29, 1.82) is 0 Å². The predicted molar refractivity (Wildman–Crippen MR) is 150 cm³/mol. The van der Waals surface area contributed by atoms with Crippen LogP contribution in [0.3, 0.4) is 0 Å². The first-order valence-electron chi connectivity index (χ1n) is 12.0. The van der Waals surface area contributed by atoms with Crippen molar-refractivity contribution in [3.63, 3.8) is 0 Å². The van der Waals surface area contributed by atoms with Gasteiger partial charge in [0.1, 0.15) is 0 Å². The smallest absolute Gasteiger partial charge is 0.247 e. The molecular formula is C29H37F2NO5S2. The van der Waals surface area contributed by atoms with Crippen LogP contribution in [0.5, 0.6) is 5.88 Å². The summed E-state index contributed by atoms with van der Waals surface area (Å²) < 4.78 is 78.6. The van der Waals surface area contributed by atoms with E-state index >= 15 is 0 Å². The molecule has 2 unspecified atom stereocenters. The van der Waals surface area contributed by atoms with E-state index in [0.717, 1.165) is 18.1 Å². The molecule has 5 rings (SSSR count). The lowest BCUT2D eigenvalue weighted by molar-refractivity contribution is 0.150. The van der Waals surface area contributed by atoms with Crippen molar-refractivity contribution in [2.75, 3.05) is 12.9 Å². The van der Waals surface area contributed by atoms with Gasteiger partial charge in [-0.25, -0.2) is 30.6 Å². The van der Waals surface area contributed by atoms with Gasteiger partial charge in [0.25, 0.3) is 0 Å². The van der Waals surface area contributed by atoms with E-state index in [4.69, 9.17) is 4.74 Å². The highest BCUT2D eigenvalue weighted by atomic mass is 32.2. The van der Waals surface area contributed by atoms with Crippen LogP contribution in [-0.4, -0.2) is 39.7 Å². The zero-order valence-electron chi connectivity index (χ0n) is 22.6. The fraction of sp³-hybridized carbons (Fsp3) is 0.414. The van der Waals surface area contributed by atoms with Crippen LogP contribution in [-0.2, 0) is 26.1 Å². The minimum Gasteiger partial charge on any atom is -0.481 e. The molecule has 3 heterocycles. The number of benzene rings is 2. The Morgan fingerprint density at radius 1 is 0.897 bits per heavy atom. The number of rotatable bonds is 1. The molecule has 2 aromatic carbocycles. The van der Waals surface area contributed by atoms with Crippen LogP contribution in [0, 0.1) is 34.6 Å². The van der Waals surface area contributed by atoms with Crippen molar-refractivity contribution >= 4 is 19.7 Å². The molecule has 0 fully saturated rings. The third-order valence-corrected chi connectivity index (χ3v) is 10.9. The number of sulfone groups is 2. The van der Waals surface area contributed by atoms with Crippen molar-refractivity contribution in [3.8, 4) is 5.88 Å². The van der Waals surface area contributed by atoms with Gasteiger partial charge in [0.05, 0.1) is 22.7 Å². The van der Waals surface area contributed by atoms with E-state index in [1.807, 2.05) is 46.0 Å². The molecule has 0 saturated heterocycles. The Balaban J connectivity index is 0.000000207. The number of fused-ring (bicyclic) bond motifs is 2. The summed E-state index contributed by atoms with van der Waals surface area (Å²) in [6, 6.07) is 9.89. The molecule has 0 aliphatic carbocycles. The molecule has 10 heteroatoms. The fourth-order valence-electron chi connectivity index (χ4n) is 4.14. The Morgan fingerprint density at radius 3 is 2.08 bits per heavy atom. The molecule has 6 nitrogen and oxygen atoms in total. The Kier molecular flexibility index (Phi) is 9.72. The van der Waals surface area contributed by atoms with Crippen LogP contribution in [0.25, 0.3) is 0 Å². The Hall–Kier alpha value is -2.85. The number of methoxy groups -OCH3 is 1. The maximum absolute atomic E-state index is 13.7. The molecule has 3 aromatic rings. The number of aryl methyl sites for hydroxylation is 6. The second kappa shape index (κ2) is 11.7. The van der Waals surface area contributed by atoms with Crippen molar-refractivity contribution in [3.05, 3.63) is 81.5 Å². The lowest BCUT2D eigenvalue weighted by Gasteiger charge is -2.14. The Labute approximate surface area is 231 Å². The number of halogens is 2. The van der Waals surface area contributed by atoms with Gasteiger partial charge in [-0.3, -0.25) is 0 Å². The maximum atomic E-state index is 13.7. The number of hydrogen-bond donors (Lipinski definition) is 0. The van der Waals surface area contributed by atoms with Gasteiger partial charge in [0, 0.05) is 17.8 Å². The van der Waals surface area contributed by atoms with Gasteiger partial charge in [-0.05, 0) is 87.9 Å². The van der Waals surface area contributed by atoms with Crippen LogP contribution < -0.4 is 4.74 Å². The average molecular weight is 582 g/mol. The normalized spacial score (nSPS) is 21.2. The van der Waals surface area contributed by atoms with Gasteiger partial charge in [-0.15, -0.1) is 0 Å². The largest absolute Gasteiger partial charge is 0.481 e. The molecule has 0 saturated carbocycles. The maximum Gasteiger partial charge on any atom is 0.247 e. The number of ether oxygens (including phenoxy) is 1. The summed E-state index contributed by atoms with van der Waals surface area (Å²) >= 11 is 0. The zero-order chi connectivity index (χ0) is 28.6. The first-order valence-corrected chi connectivity index (χ1v) is 15.1. The Morgan fingerprint density at radius 2 is 1.49 bits per heavy atom. The van der Waals surface area contributed by atoms with Crippen LogP contribution in [0.15, 0.2) is 52.4 Å². The van der Waals surface area contributed by atoms with E-state index in [1.54, 1.807) is 20.1 Å². The third kappa shape index (κ3) is 6.32. The molecule has 39 heavy (non-hydrogen) atoms. The third-order valence-electron chi connectivity index (χ3n) is 6.91. The lowest BCUT2D eigenvalue weighted by Crippen LogP contribution is -2.28. The number of aromatic nitrogens is 1. The van der Waals surface area contributed by atoms with E-state index in [0.29, 0.717) is 22.8 Å². The number of pyridine rings is 1.